The average molecular weight is 235 g/mol. The van der Waals surface area contributed by atoms with Gasteiger partial charge in [0, 0.05) is 12.6 Å². The molecule has 0 saturated heterocycles. The number of rotatable bonds is 4. The van der Waals surface area contributed by atoms with E-state index in [0.29, 0.717) is 12.2 Å². The van der Waals surface area contributed by atoms with Crippen molar-refractivity contribution in [3.63, 3.8) is 0 Å². The summed E-state index contributed by atoms with van der Waals surface area (Å²) in [6.45, 7) is 7.13. The highest BCUT2D eigenvalue weighted by atomic mass is 16.5. The fourth-order valence-electron chi connectivity index (χ4n) is 1.68. The van der Waals surface area contributed by atoms with Crippen molar-refractivity contribution < 1.29 is 4.52 Å². The zero-order chi connectivity index (χ0) is 12.4. The van der Waals surface area contributed by atoms with E-state index in [1.54, 1.807) is 0 Å². The summed E-state index contributed by atoms with van der Waals surface area (Å²) in [7, 11) is 0. The molecule has 6 heteroatoms. The summed E-state index contributed by atoms with van der Waals surface area (Å²) < 4.78 is 6.96. The fraction of sp³-hybridized carbons (Fsp3) is 0.455. The van der Waals surface area contributed by atoms with Crippen LogP contribution >= 0.6 is 0 Å². The Labute approximate surface area is 99.8 Å². The van der Waals surface area contributed by atoms with E-state index in [4.69, 9.17) is 10.3 Å². The number of nitrogens with zero attached hydrogens (tertiary/aromatic N) is 3. The maximum absolute atomic E-state index is 5.96. The topological polar surface area (TPSA) is 81.9 Å². The Kier molecular flexibility index (Phi) is 3.03. The van der Waals surface area contributed by atoms with Gasteiger partial charge in [-0.1, -0.05) is 5.16 Å². The molecule has 2 heterocycles. The first-order valence-corrected chi connectivity index (χ1v) is 5.60. The molecule has 0 fully saturated rings. The summed E-state index contributed by atoms with van der Waals surface area (Å²) >= 11 is 0. The van der Waals surface area contributed by atoms with Crippen molar-refractivity contribution in [2.24, 2.45) is 0 Å². The third kappa shape index (κ3) is 2.25. The molecule has 0 bridgehead atoms. The largest absolute Gasteiger partial charge is 0.394 e. The van der Waals surface area contributed by atoms with Gasteiger partial charge in [0.1, 0.15) is 5.82 Å². The number of anilines is 2. The molecule has 6 nitrogen and oxygen atoms in total. The predicted octanol–water partition coefficient (Wildman–Crippen LogP) is 1.70. The number of nitrogens with two attached hydrogens (primary N) is 1. The molecule has 0 spiro atoms. The van der Waals surface area contributed by atoms with Crippen LogP contribution in [0.3, 0.4) is 0 Å². The molecule has 0 unspecified atom stereocenters. The van der Waals surface area contributed by atoms with Gasteiger partial charge in [0.2, 0.25) is 0 Å². The van der Waals surface area contributed by atoms with Crippen LogP contribution in [0.5, 0.6) is 0 Å². The van der Waals surface area contributed by atoms with Gasteiger partial charge in [-0.25, -0.2) is 4.68 Å². The van der Waals surface area contributed by atoms with Crippen molar-refractivity contribution in [2.45, 2.75) is 33.9 Å². The van der Waals surface area contributed by atoms with Crippen molar-refractivity contribution in [2.75, 3.05) is 11.1 Å². The predicted molar refractivity (Wildman–Crippen MR) is 65.6 cm³/mol. The average Bonchev–Trinajstić information content (AvgIpc) is 2.83. The van der Waals surface area contributed by atoms with Crippen LogP contribution in [0.25, 0.3) is 0 Å². The van der Waals surface area contributed by atoms with Crippen LogP contribution < -0.4 is 11.1 Å². The first-order chi connectivity index (χ1) is 8.11. The number of aromatic nitrogens is 3. The highest BCUT2D eigenvalue weighted by Gasteiger charge is 2.11. The van der Waals surface area contributed by atoms with Crippen molar-refractivity contribution in [3.8, 4) is 0 Å². The first kappa shape index (κ1) is 11.5. The Morgan fingerprint density at radius 1 is 1.47 bits per heavy atom. The lowest BCUT2D eigenvalue weighted by molar-refractivity contribution is 0.384. The second-order valence-corrected chi connectivity index (χ2v) is 3.95. The van der Waals surface area contributed by atoms with Crippen LogP contribution in [-0.2, 0) is 13.1 Å². The molecular formula is C11H17N5O. The molecule has 0 saturated carbocycles. The van der Waals surface area contributed by atoms with E-state index in [1.807, 2.05) is 31.5 Å². The number of hydrogen-bond donors (Lipinski definition) is 2. The van der Waals surface area contributed by atoms with Crippen LogP contribution in [0.15, 0.2) is 10.6 Å². The van der Waals surface area contributed by atoms with Crippen molar-refractivity contribution in [3.05, 3.63) is 23.2 Å². The molecule has 2 aromatic heterocycles. The van der Waals surface area contributed by atoms with Crippen LogP contribution in [-0.4, -0.2) is 14.9 Å². The van der Waals surface area contributed by atoms with Crippen molar-refractivity contribution >= 4 is 11.5 Å². The van der Waals surface area contributed by atoms with E-state index in [0.717, 1.165) is 29.5 Å². The minimum atomic E-state index is 0.552. The molecule has 0 atom stereocenters. The maximum atomic E-state index is 5.96. The Bertz CT molecular complexity index is 514. The monoisotopic (exact) mass is 235 g/mol. The second-order valence-electron chi connectivity index (χ2n) is 3.95. The van der Waals surface area contributed by atoms with Gasteiger partial charge in [-0.2, -0.15) is 5.10 Å². The van der Waals surface area contributed by atoms with E-state index < -0.39 is 0 Å². The summed E-state index contributed by atoms with van der Waals surface area (Å²) in [5, 5.41) is 11.4. The zero-order valence-corrected chi connectivity index (χ0v) is 10.3. The van der Waals surface area contributed by atoms with E-state index in [9.17, 15) is 0 Å². The summed E-state index contributed by atoms with van der Waals surface area (Å²) in [4.78, 5) is 0. The van der Waals surface area contributed by atoms with Gasteiger partial charge in [0.25, 0.3) is 0 Å². The summed E-state index contributed by atoms with van der Waals surface area (Å²) in [5.41, 5.74) is 8.35. The van der Waals surface area contributed by atoms with Crippen LogP contribution in [0, 0.1) is 13.8 Å². The Hall–Kier alpha value is -1.98. The van der Waals surface area contributed by atoms with E-state index in [-0.39, 0.29) is 0 Å². The third-order valence-electron chi connectivity index (χ3n) is 2.58. The van der Waals surface area contributed by atoms with Gasteiger partial charge in [0.15, 0.2) is 5.76 Å². The lowest BCUT2D eigenvalue weighted by atomic mass is 10.3. The molecule has 3 N–H and O–H groups in total. The van der Waals surface area contributed by atoms with E-state index in [1.165, 1.54) is 0 Å². The molecule has 0 aliphatic carbocycles. The van der Waals surface area contributed by atoms with Crippen molar-refractivity contribution in [1.82, 2.24) is 14.9 Å². The molecule has 0 aliphatic rings. The lowest BCUT2D eigenvalue weighted by Crippen LogP contribution is -2.07. The molecule has 17 heavy (non-hydrogen) atoms. The maximum Gasteiger partial charge on any atom is 0.156 e. The Balaban J connectivity index is 2.13. The number of nitrogens with one attached hydrogen (secondary N) is 1. The van der Waals surface area contributed by atoms with Gasteiger partial charge in [-0.15, -0.1) is 0 Å². The summed E-state index contributed by atoms with van der Waals surface area (Å²) in [5.74, 6) is 1.61. The van der Waals surface area contributed by atoms with Crippen LogP contribution in [0.2, 0.25) is 0 Å². The smallest absolute Gasteiger partial charge is 0.156 e. The van der Waals surface area contributed by atoms with Gasteiger partial charge in [-0.05, 0) is 20.8 Å². The van der Waals surface area contributed by atoms with Crippen LogP contribution in [0.1, 0.15) is 24.1 Å². The highest BCUT2D eigenvalue weighted by molar-refractivity contribution is 5.64. The number of hydrogen-bond acceptors (Lipinski definition) is 5. The normalized spacial score (nSPS) is 10.8. The van der Waals surface area contributed by atoms with Crippen LogP contribution in [0.4, 0.5) is 11.5 Å². The molecule has 0 radical (unpaired) electrons. The summed E-state index contributed by atoms with van der Waals surface area (Å²) in [6.07, 6.45) is 0. The van der Waals surface area contributed by atoms with E-state index >= 15 is 0 Å². The third-order valence-corrected chi connectivity index (χ3v) is 2.58. The molecule has 2 rings (SSSR count). The highest BCUT2D eigenvalue weighted by Crippen LogP contribution is 2.22. The standard InChI is InChI=1S/C11H17N5O/c1-4-16-11(10(12)8(3)14-16)13-6-9-5-7(2)15-17-9/h5,13H,4,6,12H2,1-3H3. The molecule has 0 aromatic carbocycles. The molecule has 0 amide bonds. The van der Waals surface area contributed by atoms with Gasteiger partial charge >= 0.3 is 0 Å². The number of aryl methyl sites for hydroxylation is 3. The Morgan fingerprint density at radius 3 is 2.82 bits per heavy atom. The SMILES string of the molecule is CCn1nc(C)c(N)c1NCc1cc(C)no1. The minimum Gasteiger partial charge on any atom is -0.394 e. The molecule has 0 aliphatic heterocycles. The fourth-order valence-corrected chi connectivity index (χ4v) is 1.68. The lowest BCUT2D eigenvalue weighted by Gasteiger charge is -2.07. The van der Waals surface area contributed by atoms with Crippen molar-refractivity contribution in [1.29, 1.82) is 0 Å². The Morgan fingerprint density at radius 2 is 2.24 bits per heavy atom. The quantitative estimate of drug-likeness (QED) is 0.842. The molecular weight excluding hydrogens is 218 g/mol. The van der Waals surface area contributed by atoms with Gasteiger partial charge in [0.05, 0.1) is 23.6 Å². The molecule has 2 aromatic rings. The second kappa shape index (κ2) is 4.48. The minimum absolute atomic E-state index is 0.552. The van der Waals surface area contributed by atoms with Gasteiger partial charge < -0.3 is 15.6 Å². The molecule has 92 valence electrons. The number of nitrogen functional groups attached to an aromatic ring is 1. The first-order valence-electron chi connectivity index (χ1n) is 5.60. The van der Waals surface area contributed by atoms with Gasteiger partial charge in [-0.3, -0.25) is 0 Å². The zero-order valence-electron chi connectivity index (χ0n) is 10.3. The van der Waals surface area contributed by atoms with E-state index in [2.05, 4.69) is 15.6 Å². The summed E-state index contributed by atoms with van der Waals surface area (Å²) in [6, 6.07) is 1.89.